The number of nitrogens with zero attached hydrogens (tertiary/aromatic N) is 2. The number of anilines is 2. The number of rotatable bonds is 3. The minimum Gasteiger partial charge on any atom is -0.545 e. The minimum atomic E-state index is -1.31. The van der Waals surface area contributed by atoms with Crippen LogP contribution in [-0.2, 0) is 14.3 Å². The Labute approximate surface area is 151 Å². The number of hydrogen-bond acceptors (Lipinski definition) is 6. The second kappa shape index (κ2) is 6.72. The largest absolute Gasteiger partial charge is 0.545 e. The number of carboxylic acids is 1. The SMILES string of the molecule is O=C([O-])c1cc(N2C(=O)[C@H]3CCCC[C@H]3C2=O)ccc1N1CCOCC1. The van der Waals surface area contributed by atoms with Crippen molar-refractivity contribution >= 4 is 29.2 Å². The first-order valence-corrected chi connectivity index (χ1v) is 9.14. The van der Waals surface area contributed by atoms with E-state index in [0.717, 1.165) is 25.7 Å². The van der Waals surface area contributed by atoms with Crippen LogP contribution < -0.4 is 14.9 Å². The van der Waals surface area contributed by atoms with Crippen LogP contribution in [0.1, 0.15) is 36.0 Å². The molecule has 4 rings (SSSR count). The first-order chi connectivity index (χ1) is 12.6. The lowest BCUT2D eigenvalue weighted by atomic mass is 9.81. The van der Waals surface area contributed by atoms with Gasteiger partial charge in [0.25, 0.3) is 0 Å². The van der Waals surface area contributed by atoms with Gasteiger partial charge in [0.2, 0.25) is 11.8 Å². The third-order valence-corrected chi connectivity index (χ3v) is 5.65. The van der Waals surface area contributed by atoms with E-state index < -0.39 is 5.97 Å². The van der Waals surface area contributed by atoms with E-state index in [0.29, 0.717) is 37.7 Å². The molecule has 0 spiro atoms. The molecule has 3 aliphatic rings. The van der Waals surface area contributed by atoms with Crippen molar-refractivity contribution < 1.29 is 24.2 Å². The van der Waals surface area contributed by atoms with E-state index >= 15 is 0 Å². The van der Waals surface area contributed by atoms with Crippen molar-refractivity contribution in [2.45, 2.75) is 25.7 Å². The summed E-state index contributed by atoms with van der Waals surface area (Å²) in [5.74, 6) is -2.25. The number of aromatic carboxylic acids is 1. The summed E-state index contributed by atoms with van der Waals surface area (Å²) >= 11 is 0. The van der Waals surface area contributed by atoms with E-state index in [2.05, 4.69) is 0 Å². The summed E-state index contributed by atoms with van der Waals surface area (Å²) in [7, 11) is 0. The number of carbonyl (C=O) groups is 3. The Morgan fingerprint density at radius 2 is 1.65 bits per heavy atom. The molecule has 138 valence electrons. The lowest BCUT2D eigenvalue weighted by molar-refractivity contribution is -0.255. The molecule has 0 unspecified atom stereocenters. The molecule has 7 heteroatoms. The van der Waals surface area contributed by atoms with Gasteiger partial charge in [-0.1, -0.05) is 12.8 Å². The van der Waals surface area contributed by atoms with Crippen LogP contribution in [0, 0.1) is 11.8 Å². The quantitative estimate of drug-likeness (QED) is 0.735. The van der Waals surface area contributed by atoms with Crippen LogP contribution in [0.25, 0.3) is 0 Å². The summed E-state index contributed by atoms with van der Waals surface area (Å²) in [4.78, 5) is 40.3. The van der Waals surface area contributed by atoms with Crippen LogP contribution in [0.2, 0.25) is 0 Å². The third-order valence-electron chi connectivity index (χ3n) is 5.65. The van der Waals surface area contributed by atoms with Gasteiger partial charge in [0.1, 0.15) is 0 Å². The van der Waals surface area contributed by atoms with Crippen molar-refractivity contribution in [1.29, 1.82) is 0 Å². The van der Waals surface area contributed by atoms with Gasteiger partial charge < -0.3 is 19.5 Å². The molecule has 0 bridgehead atoms. The maximum absolute atomic E-state index is 12.7. The molecule has 0 radical (unpaired) electrons. The fourth-order valence-electron chi connectivity index (χ4n) is 4.32. The average molecular weight is 357 g/mol. The summed E-state index contributed by atoms with van der Waals surface area (Å²) in [5, 5.41) is 11.7. The highest BCUT2D eigenvalue weighted by atomic mass is 16.5. The van der Waals surface area contributed by atoms with Gasteiger partial charge >= 0.3 is 0 Å². The van der Waals surface area contributed by atoms with Crippen LogP contribution >= 0.6 is 0 Å². The maximum Gasteiger partial charge on any atom is 0.237 e. The average Bonchev–Trinajstić information content (AvgIpc) is 2.93. The number of morpholine rings is 1. The predicted molar refractivity (Wildman–Crippen MR) is 91.7 cm³/mol. The van der Waals surface area contributed by atoms with Gasteiger partial charge in [-0.05, 0) is 31.0 Å². The standard InChI is InChI=1S/C19H22N2O5/c22-17-13-3-1-2-4-14(13)18(23)21(17)12-5-6-16(15(11-12)19(24)25)20-7-9-26-10-8-20/h5-6,11,13-14H,1-4,7-10H2,(H,24,25)/p-1/t13-,14+. The number of ether oxygens (including phenoxy) is 1. The number of carbonyl (C=O) groups excluding carboxylic acids is 3. The lowest BCUT2D eigenvalue weighted by Crippen LogP contribution is -2.38. The molecule has 1 saturated carbocycles. The van der Waals surface area contributed by atoms with E-state index in [4.69, 9.17) is 4.74 Å². The van der Waals surface area contributed by atoms with Gasteiger partial charge in [-0.25, -0.2) is 0 Å². The normalized spacial score (nSPS) is 26.2. The van der Waals surface area contributed by atoms with Gasteiger partial charge in [0.05, 0.1) is 36.7 Å². The van der Waals surface area contributed by atoms with E-state index in [-0.39, 0.29) is 29.2 Å². The smallest absolute Gasteiger partial charge is 0.237 e. The third kappa shape index (κ3) is 2.76. The van der Waals surface area contributed by atoms with E-state index in [9.17, 15) is 19.5 Å². The highest BCUT2D eigenvalue weighted by molar-refractivity contribution is 6.22. The molecule has 2 atom stereocenters. The molecular weight excluding hydrogens is 336 g/mol. The zero-order chi connectivity index (χ0) is 18.3. The lowest BCUT2D eigenvalue weighted by Gasteiger charge is -2.31. The van der Waals surface area contributed by atoms with Gasteiger partial charge in [-0.15, -0.1) is 0 Å². The van der Waals surface area contributed by atoms with Crippen LogP contribution in [-0.4, -0.2) is 44.1 Å². The Morgan fingerprint density at radius 1 is 1.04 bits per heavy atom. The molecule has 2 amide bonds. The van der Waals surface area contributed by atoms with Crippen molar-refractivity contribution in [2.75, 3.05) is 36.1 Å². The molecule has 2 saturated heterocycles. The van der Waals surface area contributed by atoms with Crippen molar-refractivity contribution in [3.05, 3.63) is 23.8 Å². The molecule has 1 aliphatic carbocycles. The summed E-state index contributed by atoms with van der Waals surface area (Å²) < 4.78 is 5.31. The number of benzene rings is 1. The number of fused-ring (bicyclic) bond motifs is 1. The number of amides is 2. The Bertz CT molecular complexity index is 732. The monoisotopic (exact) mass is 357 g/mol. The highest BCUT2D eigenvalue weighted by Crippen LogP contribution is 2.40. The summed E-state index contributed by atoms with van der Waals surface area (Å²) in [6, 6.07) is 4.71. The van der Waals surface area contributed by atoms with Crippen molar-refractivity contribution in [2.24, 2.45) is 11.8 Å². The minimum absolute atomic E-state index is 0.000119. The first kappa shape index (κ1) is 17.0. The maximum atomic E-state index is 12.7. The summed E-state index contributed by atoms with van der Waals surface area (Å²) in [5.41, 5.74) is 0.860. The second-order valence-electron chi connectivity index (χ2n) is 7.10. The van der Waals surface area contributed by atoms with Crippen LogP contribution in [0.4, 0.5) is 11.4 Å². The van der Waals surface area contributed by atoms with Crippen LogP contribution in [0.15, 0.2) is 18.2 Å². The van der Waals surface area contributed by atoms with Gasteiger partial charge in [0.15, 0.2) is 0 Å². The molecule has 1 aromatic carbocycles. The highest BCUT2D eigenvalue weighted by Gasteiger charge is 2.48. The van der Waals surface area contributed by atoms with Crippen molar-refractivity contribution in [3.8, 4) is 0 Å². The molecule has 1 aromatic rings. The van der Waals surface area contributed by atoms with E-state index in [1.54, 1.807) is 12.1 Å². The predicted octanol–water partition coefficient (Wildman–Crippen LogP) is 0.566. The Hall–Kier alpha value is -2.41. The number of imide groups is 1. The second-order valence-corrected chi connectivity index (χ2v) is 7.10. The van der Waals surface area contributed by atoms with Gasteiger partial charge in [-0.3, -0.25) is 14.5 Å². The number of hydrogen-bond donors (Lipinski definition) is 0. The van der Waals surface area contributed by atoms with Crippen LogP contribution in [0.3, 0.4) is 0 Å². The summed E-state index contributed by atoms with van der Waals surface area (Å²) in [6.07, 6.45) is 3.36. The fourth-order valence-corrected chi connectivity index (χ4v) is 4.32. The van der Waals surface area contributed by atoms with Crippen molar-refractivity contribution in [3.63, 3.8) is 0 Å². The number of carboxylic acid groups (broad SMARTS) is 1. The Kier molecular flexibility index (Phi) is 4.40. The molecule has 0 aromatic heterocycles. The molecule has 2 aliphatic heterocycles. The Morgan fingerprint density at radius 3 is 2.23 bits per heavy atom. The Balaban J connectivity index is 1.69. The van der Waals surface area contributed by atoms with Gasteiger partial charge in [0, 0.05) is 24.3 Å². The van der Waals surface area contributed by atoms with Gasteiger partial charge in [-0.2, -0.15) is 0 Å². The first-order valence-electron chi connectivity index (χ1n) is 9.14. The molecule has 3 fully saturated rings. The molecular formula is C19H21N2O5-. The fraction of sp³-hybridized carbons (Fsp3) is 0.526. The molecule has 0 N–H and O–H groups in total. The molecule has 7 nitrogen and oxygen atoms in total. The summed E-state index contributed by atoms with van der Waals surface area (Å²) in [6.45, 7) is 2.23. The van der Waals surface area contributed by atoms with Crippen molar-refractivity contribution in [1.82, 2.24) is 0 Å². The zero-order valence-corrected chi connectivity index (χ0v) is 14.5. The van der Waals surface area contributed by atoms with E-state index in [1.165, 1.54) is 11.0 Å². The topological polar surface area (TPSA) is 90.0 Å². The molecule has 2 heterocycles. The molecule has 26 heavy (non-hydrogen) atoms. The van der Waals surface area contributed by atoms with E-state index in [1.807, 2.05) is 4.90 Å². The zero-order valence-electron chi connectivity index (χ0n) is 14.5. The van der Waals surface area contributed by atoms with Crippen LogP contribution in [0.5, 0.6) is 0 Å².